The van der Waals surface area contributed by atoms with Crippen molar-refractivity contribution in [2.75, 3.05) is 11.1 Å². The number of nitrogens with one attached hydrogen (secondary N) is 1. The van der Waals surface area contributed by atoms with E-state index < -0.39 is 9.84 Å². The molecule has 0 saturated carbocycles. The summed E-state index contributed by atoms with van der Waals surface area (Å²) in [5, 5.41) is 7.31. The van der Waals surface area contributed by atoms with E-state index in [4.69, 9.17) is 0 Å². The Bertz CT molecular complexity index is 645. The fourth-order valence-electron chi connectivity index (χ4n) is 1.71. The minimum absolute atomic E-state index is 0.120. The van der Waals surface area contributed by atoms with Gasteiger partial charge < -0.3 is 5.32 Å². The van der Waals surface area contributed by atoms with Gasteiger partial charge in [0.15, 0.2) is 9.84 Å². The van der Waals surface area contributed by atoms with E-state index in [-0.39, 0.29) is 5.75 Å². The molecule has 1 aromatic carbocycles. The minimum atomic E-state index is -3.12. The van der Waals surface area contributed by atoms with Crippen LogP contribution >= 0.6 is 0 Å². The first-order valence-corrected chi connectivity index (χ1v) is 7.72. The van der Waals surface area contributed by atoms with Gasteiger partial charge in [0, 0.05) is 18.9 Å². The van der Waals surface area contributed by atoms with Crippen LogP contribution in [0.15, 0.2) is 41.4 Å². The second kappa shape index (κ2) is 5.44. The summed E-state index contributed by atoms with van der Waals surface area (Å²) in [7, 11) is -1.24. The molecular weight excluding hydrogens is 262 g/mol. The molecule has 5 nitrogen and oxygen atoms in total. The third kappa shape index (κ3) is 3.14. The molecule has 1 N–H and O–H groups in total. The van der Waals surface area contributed by atoms with Crippen LogP contribution in [0, 0.1) is 0 Å². The van der Waals surface area contributed by atoms with Crippen molar-refractivity contribution in [2.45, 2.75) is 18.4 Å². The highest BCUT2D eigenvalue weighted by Crippen LogP contribution is 2.15. The maximum atomic E-state index is 11.7. The highest BCUT2D eigenvalue weighted by molar-refractivity contribution is 7.91. The summed E-state index contributed by atoms with van der Waals surface area (Å²) in [5.74, 6) is 0.120. The average molecular weight is 279 g/mol. The summed E-state index contributed by atoms with van der Waals surface area (Å²) in [5.41, 5.74) is 1.95. The van der Waals surface area contributed by atoms with Gasteiger partial charge in [-0.3, -0.25) is 4.68 Å². The Balaban J connectivity index is 2.06. The first-order chi connectivity index (χ1) is 9.03. The zero-order valence-corrected chi connectivity index (χ0v) is 11.8. The lowest BCUT2D eigenvalue weighted by atomic mass is 10.3. The molecule has 0 atom stereocenters. The lowest BCUT2D eigenvalue weighted by molar-refractivity contribution is 0.597. The van der Waals surface area contributed by atoms with E-state index in [0.717, 1.165) is 11.4 Å². The van der Waals surface area contributed by atoms with Crippen LogP contribution < -0.4 is 5.32 Å². The summed E-state index contributed by atoms with van der Waals surface area (Å²) >= 11 is 0. The standard InChI is InChI=1S/C13H17N3O2S/c1-3-19(17,18)13-6-4-11(5-7-13)14-10-12-8-9-15-16(12)2/h4-9,14H,3,10H2,1-2H3. The third-order valence-electron chi connectivity index (χ3n) is 2.99. The Morgan fingerprint density at radius 2 is 1.89 bits per heavy atom. The van der Waals surface area contributed by atoms with Gasteiger partial charge in [0.2, 0.25) is 0 Å². The van der Waals surface area contributed by atoms with Crippen LogP contribution in [0.25, 0.3) is 0 Å². The number of rotatable bonds is 5. The van der Waals surface area contributed by atoms with Crippen LogP contribution in [-0.2, 0) is 23.4 Å². The number of aryl methyl sites for hydroxylation is 1. The summed E-state index contributed by atoms with van der Waals surface area (Å²) in [6, 6.07) is 8.75. The maximum Gasteiger partial charge on any atom is 0.178 e. The largest absolute Gasteiger partial charge is 0.379 e. The van der Waals surface area contributed by atoms with Crippen LogP contribution in [0.4, 0.5) is 5.69 Å². The van der Waals surface area contributed by atoms with Crippen molar-refractivity contribution in [1.82, 2.24) is 9.78 Å². The smallest absolute Gasteiger partial charge is 0.178 e. The molecule has 6 heteroatoms. The number of nitrogens with zero attached hydrogens (tertiary/aromatic N) is 2. The predicted molar refractivity (Wildman–Crippen MR) is 74.7 cm³/mol. The Hall–Kier alpha value is -1.82. The van der Waals surface area contributed by atoms with Crippen LogP contribution in [0.5, 0.6) is 0 Å². The number of benzene rings is 1. The van der Waals surface area contributed by atoms with Crippen molar-refractivity contribution in [3.8, 4) is 0 Å². The van der Waals surface area contributed by atoms with Crippen molar-refractivity contribution < 1.29 is 8.42 Å². The zero-order chi connectivity index (χ0) is 13.9. The zero-order valence-electron chi connectivity index (χ0n) is 11.0. The topological polar surface area (TPSA) is 64.0 Å². The molecule has 2 aromatic rings. The number of hydrogen-bond donors (Lipinski definition) is 1. The molecule has 1 heterocycles. The number of anilines is 1. The van der Waals surface area contributed by atoms with Gasteiger partial charge in [-0.15, -0.1) is 0 Å². The molecule has 2 rings (SSSR count). The average Bonchev–Trinajstić information content (AvgIpc) is 2.82. The van der Waals surface area contributed by atoms with Gasteiger partial charge in [-0.05, 0) is 30.3 Å². The van der Waals surface area contributed by atoms with Gasteiger partial charge in [0.1, 0.15) is 0 Å². The van der Waals surface area contributed by atoms with Gasteiger partial charge >= 0.3 is 0 Å². The SMILES string of the molecule is CCS(=O)(=O)c1ccc(NCc2ccnn2C)cc1. The Morgan fingerprint density at radius 3 is 2.42 bits per heavy atom. The first kappa shape index (κ1) is 13.6. The number of hydrogen-bond acceptors (Lipinski definition) is 4. The number of aromatic nitrogens is 2. The van der Waals surface area contributed by atoms with Crippen LogP contribution in [0.2, 0.25) is 0 Å². The molecule has 0 radical (unpaired) electrons. The summed E-state index contributed by atoms with van der Waals surface area (Å²) in [6.45, 7) is 2.29. The summed E-state index contributed by atoms with van der Waals surface area (Å²) < 4.78 is 25.1. The molecule has 0 amide bonds. The van der Waals surface area contributed by atoms with E-state index in [1.807, 2.05) is 13.1 Å². The quantitative estimate of drug-likeness (QED) is 0.907. The van der Waals surface area contributed by atoms with Crippen molar-refractivity contribution in [3.63, 3.8) is 0 Å². The van der Waals surface area contributed by atoms with E-state index >= 15 is 0 Å². The predicted octanol–water partition coefficient (Wildman–Crippen LogP) is 1.83. The minimum Gasteiger partial charge on any atom is -0.379 e. The Kier molecular flexibility index (Phi) is 3.90. The molecule has 0 unspecified atom stereocenters. The van der Waals surface area contributed by atoms with Crippen LogP contribution in [0.1, 0.15) is 12.6 Å². The number of sulfone groups is 1. The van der Waals surface area contributed by atoms with E-state index in [9.17, 15) is 8.42 Å². The van der Waals surface area contributed by atoms with E-state index in [2.05, 4.69) is 10.4 Å². The molecule has 0 saturated heterocycles. The van der Waals surface area contributed by atoms with Gasteiger partial charge in [-0.25, -0.2) is 8.42 Å². The highest BCUT2D eigenvalue weighted by Gasteiger charge is 2.10. The molecule has 0 aliphatic rings. The van der Waals surface area contributed by atoms with Gasteiger partial charge in [-0.2, -0.15) is 5.10 Å². The summed E-state index contributed by atoms with van der Waals surface area (Å²) in [4.78, 5) is 0.362. The lowest BCUT2D eigenvalue weighted by Crippen LogP contribution is -2.06. The van der Waals surface area contributed by atoms with E-state index in [1.54, 1.807) is 42.1 Å². The summed E-state index contributed by atoms with van der Waals surface area (Å²) in [6.07, 6.45) is 1.74. The molecule has 0 fully saturated rings. The fourth-order valence-corrected chi connectivity index (χ4v) is 2.60. The van der Waals surface area contributed by atoms with Crippen molar-refractivity contribution >= 4 is 15.5 Å². The normalized spacial score (nSPS) is 11.5. The van der Waals surface area contributed by atoms with Gasteiger partial charge in [-0.1, -0.05) is 6.92 Å². The van der Waals surface area contributed by atoms with Gasteiger partial charge in [0.05, 0.1) is 22.9 Å². The maximum absolute atomic E-state index is 11.7. The molecule has 0 spiro atoms. The first-order valence-electron chi connectivity index (χ1n) is 6.06. The lowest BCUT2D eigenvalue weighted by Gasteiger charge is -2.08. The Morgan fingerprint density at radius 1 is 1.21 bits per heavy atom. The molecule has 0 bridgehead atoms. The van der Waals surface area contributed by atoms with Gasteiger partial charge in [0.25, 0.3) is 0 Å². The molecule has 1 aromatic heterocycles. The van der Waals surface area contributed by atoms with Crippen molar-refractivity contribution in [3.05, 3.63) is 42.2 Å². The van der Waals surface area contributed by atoms with E-state index in [1.165, 1.54) is 0 Å². The molecule has 102 valence electrons. The monoisotopic (exact) mass is 279 g/mol. The molecular formula is C13H17N3O2S. The Labute approximate surface area is 113 Å². The second-order valence-electron chi connectivity index (χ2n) is 4.23. The van der Waals surface area contributed by atoms with Crippen molar-refractivity contribution in [1.29, 1.82) is 0 Å². The highest BCUT2D eigenvalue weighted by atomic mass is 32.2. The molecule has 0 aliphatic carbocycles. The van der Waals surface area contributed by atoms with Crippen LogP contribution in [-0.4, -0.2) is 24.0 Å². The fraction of sp³-hybridized carbons (Fsp3) is 0.308. The third-order valence-corrected chi connectivity index (χ3v) is 4.74. The molecule has 0 aliphatic heterocycles. The molecule has 19 heavy (non-hydrogen) atoms. The second-order valence-corrected chi connectivity index (χ2v) is 6.51. The van der Waals surface area contributed by atoms with Crippen molar-refractivity contribution in [2.24, 2.45) is 7.05 Å². The van der Waals surface area contributed by atoms with Crippen LogP contribution in [0.3, 0.4) is 0 Å². The van der Waals surface area contributed by atoms with E-state index in [0.29, 0.717) is 11.4 Å².